The van der Waals surface area contributed by atoms with Gasteiger partial charge in [0.1, 0.15) is 0 Å². The third-order valence-electron chi connectivity index (χ3n) is 3.85. The van der Waals surface area contributed by atoms with Gasteiger partial charge in [-0.1, -0.05) is 12.1 Å². The predicted octanol–water partition coefficient (Wildman–Crippen LogP) is 0.879. The van der Waals surface area contributed by atoms with Crippen LogP contribution in [-0.2, 0) is 14.8 Å². The highest BCUT2D eigenvalue weighted by atomic mass is 32.2. The molecule has 2 rings (SSSR count). The standard InChI is InChI=1S/C14H20N2O4S/c1-14(9-15,10-7-8-10)16-21(18,19)12-6-4-3-5-11(12)13(17)20-2/h3-6,10,16H,7-9,15H2,1-2H3. The molecule has 0 aliphatic heterocycles. The summed E-state index contributed by atoms with van der Waals surface area (Å²) < 4.78 is 32.5. The van der Waals surface area contributed by atoms with Crippen LogP contribution in [0.25, 0.3) is 0 Å². The van der Waals surface area contributed by atoms with Gasteiger partial charge in [0.15, 0.2) is 0 Å². The van der Waals surface area contributed by atoms with Crippen LogP contribution in [0.5, 0.6) is 0 Å². The van der Waals surface area contributed by atoms with E-state index in [0.717, 1.165) is 12.8 Å². The first-order valence-electron chi connectivity index (χ1n) is 6.75. The molecule has 0 bridgehead atoms. The molecule has 0 spiro atoms. The molecule has 1 aromatic carbocycles. The number of hydrogen-bond donors (Lipinski definition) is 2. The Morgan fingerprint density at radius 1 is 1.43 bits per heavy atom. The molecule has 1 saturated carbocycles. The Hall–Kier alpha value is -1.44. The molecule has 0 saturated heterocycles. The van der Waals surface area contributed by atoms with Crippen LogP contribution in [0.3, 0.4) is 0 Å². The van der Waals surface area contributed by atoms with Crippen molar-refractivity contribution in [3.63, 3.8) is 0 Å². The van der Waals surface area contributed by atoms with Crippen molar-refractivity contribution in [1.29, 1.82) is 0 Å². The summed E-state index contributed by atoms with van der Waals surface area (Å²) in [7, 11) is -2.64. The topological polar surface area (TPSA) is 98.5 Å². The first kappa shape index (κ1) is 15.9. The van der Waals surface area contributed by atoms with Gasteiger partial charge in [0.2, 0.25) is 10.0 Å². The van der Waals surface area contributed by atoms with Gasteiger partial charge < -0.3 is 10.5 Å². The van der Waals surface area contributed by atoms with Gasteiger partial charge in [-0.2, -0.15) is 0 Å². The number of carbonyl (C=O) groups is 1. The van der Waals surface area contributed by atoms with Gasteiger partial charge in [0.25, 0.3) is 0 Å². The summed E-state index contributed by atoms with van der Waals surface area (Å²) in [5.74, 6) is -0.445. The van der Waals surface area contributed by atoms with Crippen LogP contribution in [0, 0.1) is 5.92 Å². The van der Waals surface area contributed by atoms with E-state index in [9.17, 15) is 13.2 Å². The summed E-state index contributed by atoms with van der Waals surface area (Å²) in [6, 6.07) is 5.97. The number of hydrogen-bond acceptors (Lipinski definition) is 5. The zero-order valence-electron chi connectivity index (χ0n) is 12.1. The minimum Gasteiger partial charge on any atom is -0.465 e. The van der Waals surface area contributed by atoms with E-state index in [4.69, 9.17) is 5.73 Å². The zero-order valence-corrected chi connectivity index (χ0v) is 12.9. The molecule has 0 amide bonds. The predicted molar refractivity (Wildman–Crippen MR) is 78.3 cm³/mol. The van der Waals surface area contributed by atoms with Crippen molar-refractivity contribution < 1.29 is 17.9 Å². The lowest BCUT2D eigenvalue weighted by Gasteiger charge is -2.29. The highest BCUT2D eigenvalue weighted by molar-refractivity contribution is 7.89. The minimum atomic E-state index is -3.85. The molecule has 1 atom stereocenters. The molecule has 1 aliphatic rings. The van der Waals surface area contributed by atoms with Crippen LogP contribution in [0.15, 0.2) is 29.2 Å². The van der Waals surface area contributed by atoms with Gasteiger partial charge in [0.05, 0.1) is 17.6 Å². The van der Waals surface area contributed by atoms with Gasteiger partial charge in [0, 0.05) is 12.1 Å². The number of esters is 1. The van der Waals surface area contributed by atoms with Gasteiger partial charge in [-0.15, -0.1) is 0 Å². The largest absolute Gasteiger partial charge is 0.465 e. The lowest BCUT2D eigenvalue weighted by molar-refractivity contribution is 0.0596. The Balaban J connectivity index is 2.38. The van der Waals surface area contributed by atoms with Gasteiger partial charge in [-0.3, -0.25) is 0 Å². The van der Waals surface area contributed by atoms with E-state index in [2.05, 4.69) is 9.46 Å². The summed E-state index contributed by atoms with van der Waals surface area (Å²) in [4.78, 5) is 11.6. The van der Waals surface area contributed by atoms with Crippen molar-refractivity contribution in [3.05, 3.63) is 29.8 Å². The highest BCUT2D eigenvalue weighted by Crippen LogP contribution is 2.39. The second-order valence-electron chi connectivity index (χ2n) is 5.49. The Morgan fingerprint density at radius 3 is 2.57 bits per heavy atom. The molecule has 6 nitrogen and oxygen atoms in total. The fourth-order valence-corrected chi connectivity index (χ4v) is 4.03. The van der Waals surface area contributed by atoms with E-state index in [1.165, 1.54) is 19.2 Å². The Kier molecular flexibility index (Phi) is 4.36. The molecular weight excluding hydrogens is 292 g/mol. The van der Waals surface area contributed by atoms with E-state index in [1.807, 2.05) is 0 Å². The van der Waals surface area contributed by atoms with E-state index in [-0.39, 0.29) is 22.9 Å². The molecule has 1 fully saturated rings. The van der Waals surface area contributed by atoms with Crippen LogP contribution in [0.4, 0.5) is 0 Å². The number of benzene rings is 1. The molecule has 3 N–H and O–H groups in total. The SMILES string of the molecule is COC(=O)c1ccccc1S(=O)(=O)NC(C)(CN)C1CC1. The number of carbonyl (C=O) groups excluding carboxylic acids is 1. The number of nitrogens with one attached hydrogen (secondary N) is 1. The molecule has 0 heterocycles. The van der Waals surface area contributed by atoms with Crippen molar-refractivity contribution >= 4 is 16.0 Å². The quantitative estimate of drug-likeness (QED) is 0.760. The third-order valence-corrected chi connectivity index (χ3v) is 5.52. The highest BCUT2D eigenvalue weighted by Gasteiger charge is 2.43. The van der Waals surface area contributed by atoms with Crippen LogP contribution < -0.4 is 10.5 Å². The van der Waals surface area contributed by atoms with Crippen molar-refractivity contribution in [2.24, 2.45) is 11.7 Å². The van der Waals surface area contributed by atoms with Crippen LogP contribution >= 0.6 is 0 Å². The first-order chi connectivity index (χ1) is 9.84. The normalized spacial score (nSPS) is 18.0. The molecule has 1 unspecified atom stereocenters. The van der Waals surface area contributed by atoms with Crippen molar-refractivity contribution in [2.45, 2.75) is 30.2 Å². The zero-order chi connectivity index (χ0) is 15.7. The van der Waals surface area contributed by atoms with Crippen molar-refractivity contribution in [3.8, 4) is 0 Å². The van der Waals surface area contributed by atoms with Gasteiger partial charge in [-0.25, -0.2) is 17.9 Å². The molecule has 21 heavy (non-hydrogen) atoms. The van der Waals surface area contributed by atoms with E-state index in [1.54, 1.807) is 19.1 Å². The number of methoxy groups -OCH3 is 1. The third kappa shape index (κ3) is 3.25. The molecular formula is C14H20N2O4S. The fourth-order valence-electron chi connectivity index (χ4n) is 2.35. The van der Waals surface area contributed by atoms with E-state index in [0.29, 0.717) is 0 Å². The molecule has 116 valence electrons. The Labute approximate surface area is 124 Å². The summed E-state index contributed by atoms with van der Waals surface area (Å²) in [5.41, 5.74) is 5.06. The first-order valence-corrected chi connectivity index (χ1v) is 8.24. The molecule has 0 aromatic heterocycles. The second kappa shape index (κ2) is 5.75. The number of nitrogens with two attached hydrogens (primary N) is 1. The van der Waals surface area contributed by atoms with Crippen LogP contribution in [0.1, 0.15) is 30.1 Å². The average molecular weight is 312 g/mol. The maximum Gasteiger partial charge on any atom is 0.339 e. The van der Waals surface area contributed by atoms with Crippen LogP contribution in [0.2, 0.25) is 0 Å². The van der Waals surface area contributed by atoms with Gasteiger partial charge in [-0.05, 0) is 37.8 Å². The second-order valence-corrected chi connectivity index (χ2v) is 7.14. The Bertz CT molecular complexity index is 640. The smallest absolute Gasteiger partial charge is 0.339 e. The maximum atomic E-state index is 12.6. The molecule has 0 radical (unpaired) electrons. The minimum absolute atomic E-state index is 0.0164. The fraction of sp³-hybridized carbons (Fsp3) is 0.500. The van der Waals surface area contributed by atoms with E-state index < -0.39 is 21.5 Å². The number of rotatable bonds is 6. The monoisotopic (exact) mass is 312 g/mol. The number of ether oxygens (including phenoxy) is 1. The van der Waals surface area contributed by atoms with E-state index >= 15 is 0 Å². The van der Waals surface area contributed by atoms with Crippen molar-refractivity contribution in [1.82, 2.24) is 4.72 Å². The summed E-state index contributed by atoms with van der Waals surface area (Å²) in [5, 5.41) is 0. The Morgan fingerprint density at radius 2 is 2.05 bits per heavy atom. The van der Waals surface area contributed by atoms with Gasteiger partial charge >= 0.3 is 5.97 Å². The maximum absolute atomic E-state index is 12.6. The van der Waals surface area contributed by atoms with Crippen LogP contribution in [-0.4, -0.2) is 33.6 Å². The summed E-state index contributed by atoms with van der Waals surface area (Å²) in [6.07, 6.45) is 1.91. The molecule has 7 heteroatoms. The lowest BCUT2D eigenvalue weighted by atomic mass is 9.98. The summed E-state index contributed by atoms with van der Waals surface area (Å²) >= 11 is 0. The summed E-state index contributed by atoms with van der Waals surface area (Å²) in [6.45, 7) is 2.00. The molecule has 1 aliphatic carbocycles. The van der Waals surface area contributed by atoms with Crippen molar-refractivity contribution in [2.75, 3.05) is 13.7 Å². The average Bonchev–Trinajstić information content (AvgIpc) is 3.31. The number of sulfonamides is 1. The lowest BCUT2D eigenvalue weighted by Crippen LogP contribution is -2.53. The molecule has 1 aromatic rings.